The quantitative estimate of drug-likeness (QED) is 0.149. The Morgan fingerprint density at radius 3 is 2.36 bits per heavy atom. The van der Waals surface area contributed by atoms with Crippen LogP contribution >= 0.6 is 24.8 Å². The van der Waals surface area contributed by atoms with E-state index < -0.39 is 11.0 Å². The summed E-state index contributed by atoms with van der Waals surface area (Å²) in [6.45, 7) is 6.51. The predicted molar refractivity (Wildman–Crippen MR) is 149 cm³/mol. The number of fused-ring (bicyclic) bond motifs is 2. The molecule has 0 fully saturated rings. The van der Waals surface area contributed by atoms with Crippen molar-refractivity contribution in [3.8, 4) is 5.75 Å². The van der Waals surface area contributed by atoms with Crippen LogP contribution in [0, 0.1) is 10.1 Å². The molecule has 1 heterocycles. The van der Waals surface area contributed by atoms with Gasteiger partial charge in [0.1, 0.15) is 11.3 Å². The van der Waals surface area contributed by atoms with Crippen LogP contribution < -0.4 is 10.1 Å². The Morgan fingerprint density at radius 2 is 1.75 bits per heavy atom. The summed E-state index contributed by atoms with van der Waals surface area (Å²) >= 11 is 0. The molecule has 0 aliphatic heterocycles. The Morgan fingerprint density at radius 1 is 1.06 bits per heavy atom. The molecule has 0 amide bonds. The van der Waals surface area contributed by atoms with Crippen LogP contribution in [0.4, 0.5) is 17.1 Å². The summed E-state index contributed by atoms with van der Waals surface area (Å²) in [7, 11) is 1.57. The van der Waals surface area contributed by atoms with E-state index >= 15 is 0 Å². The summed E-state index contributed by atoms with van der Waals surface area (Å²) in [6, 6.07) is 18.0. The first-order valence-electron chi connectivity index (χ1n) is 11.3. The van der Waals surface area contributed by atoms with Crippen molar-refractivity contribution < 1.29 is 14.8 Å². The fourth-order valence-electron chi connectivity index (χ4n) is 4.11. The maximum Gasteiger partial charge on any atom is 0.271 e. The number of pyridine rings is 1. The van der Waals surface area contributed by atoms with Crippen LogP contribution in [0.1, 0.15) is 25.5 Å². The van der Waals surface area contributed by atoms with Gasteiger partial charge in [-0.1, -0.05) is 38.1 Å². The molecule has 10 heteroatoms. The molecule has 4 rings (SSSR count). The number of para-hydroxylation sites is 1. The molecule has 1 atom stereocenters. The number of ether oxygens (including phenoxy) is 1. The van der Waals surface area contributed by atoms with E-state index in [1.165, 1.54) is 12.1 Å². The number of anilines is 2. The van der Waals surface area contributed by atoms with E-state index in [0.29, 0.717) is 23.3 Å². The number of nitrogens with zero attached hydrogens (tertiary/aromatic N) is 3. The molecular weight excluding hydrogens is 503 g/mol. The number of non-ortho nitro benzene ring substituents is 1. The summed E-state index contributed by atoms with van der Waals surface area (Å²) in [5.74, 6) is 0.587. The second kappa shape index (κ2) is 12.7. The summed E-state index contributed by atoms with van der Waals surface area (Å²) < 4.78 is 5.50. The molecule has 8 nitrogen and oxygen atoms in total. The standard InChI is InChI=1S/C26H28N4O4.2ClH/c1-4-29(5-2)16-23(31)17-9-11-18(12-10-17)27-25-20-14-13-19(30(32)33)15-22(20)28-26-21(25)7-6-8-24(26)34-3;;/h6-15,23,31H,4-5,16H2,1-3H3,(H,27,28);2*1H. The van der Waals surface area contributed by atoms with Crippen LogP contribution in [0.25, 0.3) is 21.8 Å². The average molecular weight is 533 g/mol. The zero-order chi connectivity index (χ0) is 24.2. The number of benzene rings is 3. The molecule has 1 unspecified atom stereocenters. The second-order valence-electron chi connectivity index (χ2n) is 8.05. The molecule has 36 heavy (non-hydrogen) atoms. The first kappa shape index (κ1) is 29.1. The van der Waals surface area contributed by atoms with E-state index in [2.05, 4.69) is 29.0 Å². The Hall–Kier alpha value is -3.17. The van der Waals surface area contributed by atoms with E-state index in [4.69, 9.17) is 4.74 Å². The Bertz CT molecular complexity index is 1330. The summed E-state index contributed by atoms with van der Waals surface area (Å²) in [5.41, 5.74) is 3.55. The number of likely N-dealkylation sites (N-methyl/N-ethyl adjacent to an activating group) is 1. The number of aliphatic hydroxyl groups is 1. The van der Waals surface area contributed by atoms with E-state index in [1.807, 2.05) is 42.5 Å². The van der Waals surface area contributed by atoms with Gasteiger partial charge < -0.3 is 20.1 Å². The Balaban J connectivity index is 0.00000228. The van der Waals surface area contributed by atoms with Crippen LogP contribution in [0.5, 0.6) is 5.75 Å². The van der Waals surface area contributed by atoms with Gasteiger partial charge >= 0.3 is 0 Å². The maximum atomic E-state index is 11.3. The van der Waals surface area contributed by atoms with Gasteiger partial charge in [0, 0.05) is 35.1 Å². The lowest BCUT2D eigenvalue weighted by molar-refractivity contribution is -0.384. The average Bonchev–Trinajstić information content (AvgIpc) is 2.86. The maximum absolute atomic E-state index is 11.3. The summed E-state index contributed by atoms with van der Waals surface area (Å²) in [4.78, 5) is 17.7. The topological polar surface area (TPSA) is 101 Å². The van der Waals surface area contributed by atoms with Crippen LogP contribution in [0.2, 0.25) is 0 Å². The van der Waals surface area contributed by atoms with Crippen molar-refractivity contribution in [3.05, 3.63) is 76.3 Å². The number of nitro benzene ring substituents is 1. The molecule has 0 bridgehead atoms. The molecule has 0 spiro atoms. The van der Waals surface area contributed by atoms with Gasteiger partial charge in [-0.2, -0.15) is 0 Å². The lowest BCUT2D eigenvalue weighted by Gasteiger charge is -2.22. The Labute approximate surface area is 222 Å². The van der Waals surface area contributed by atoms with Crippen molar-refractivity contribution in [2.45, 2.75) is 20.0 Å². The van der Waals surface area contributed by atoms with Crippen molar-refractivity contribution in [1.82, 2.24) is 9.88 Å². The molecule has 2 N–H and O–H groups in total. The van der Waals surface area contributed by atoms with Gasteiger partial charge in [0.2, 0.25) is 0 Å². The molecule has 0 aliphatic rings. The Kier molecular flexibility index (Phi) is 10.2. The minimum absolute atomic E-state index is 0. The van der Waals surface area contributed by atoms with E-state index in [-0.39, 0.29) is 30.5 Å². The monoisotopic (exact) mass is 532 g/mol. The van der Waals surface area contributed by atoms with Crippen molar-refractivity contribution in [1.29, 1.82) is 0 Å². The number of aromatic nitrogens is 1. The molecule has 1 aromatic heterocycles. The van der Waals surface area contributed by atoms with Gasteiger partial charge in [-0.15, -0.1) is 24.8 Å². The van der Waals surface area contributed by atoms with Crippen molar-refractivity contribution in [3.63, 3.8) is 0 Å². The van der Waals surface area contributed by atoms with Crippen LogP contribution in [-0.4, -0.2) is 46.7 Å². The highest BCUT2D eigenvalue weighted by Gasteiger charge is 2.16. The number of aliphatic hydroxyl groups excluding tert-OH is 1. The molecule has 0 saturated carbocycles. The molecule has 0 saturated heterocycles. The van der Waals surface area contributed by atoms with Crippen molar-refractivity contribution in [2.24, 2.45) is 0 Å². The van der Waals surface area contributed by atoms with Crippen molar-refractivity contribution in [2.75, 3.05) is 32.1 Å². The smallest absolute Gasteiger partial charge is 0.271 e. The highest BCUT2D eigenvalue weighted by molar-refractivity contribution is 6.10. The number of rotatable bonds is 9. The fourth-order valence-corrected chi connectivity index (χ4v) is 4.11. The number of hydrogen-bond acceptors (Lipinski definition) is 7. The fraction of sp³-hybridized carbons (Fsp3) is 0.269. The number of nitro groups is 1. The van der Waals surface area contributed by atoms with Gasteiger partial charge in [-0.3, -0.25) is 10.1 Å². The summed E-state index contributed by atoms with van der Waals surface area (Å²) in [5, 5.41) is 27.0. The lowest BCUT2D eigenvalue weighted by Crippen LogP contribution is -2.28. The molecule has 0 aliphatic carbocycles. The third-order valence-electron chi connectivity index (χ3n) is 6.07. The molecule has 192 valence electrons. The number of methoxy groups -OCH3 is 1. The first-order chi connectivity index (χ1) is 16.4. The third kappa shape index (κ3) is 5.96. The SMILES string of the molecule is CCN(CC)CC(O)c1ccc(Nc2c3ccc([N+](=O)[O-])cc3nc3c(OC)cccc23)cc1.Cl.Cl. The van der Waals surface area contributed by atoms with Crippen LogP contribution in [-0.2, 0) is 0 Å². The zero-order valence-electron chi connectivity index (χ0n) is 20.3. The predicted octanol–water partition coefficient (Wildman–Crippen LogP) is 6.27. The molecule has 0 radical (unpaired) electrons. The highest BCUT2D eigenvalue weighted by Crippen LogP contribution is 2.37. The third-order valence-corrected chi connectivity index (χ3v) is 6.07. The number of nitrogens with one attached hydrogen (secondary N) is 1. The normalized spacial score (nSPS) is 11.6. The molecule has 3 aromatic carbocycles. The molecule has 4 aromatic rings. The van der Waals surface area contributed by atoms with E-state index in [9.17, 15) is 15.2 Å². The zero-order valence-corrected chi connectivity index (χ0v) is 21.9. The first-order valence-corrected chi connectivity index (χ1v) is 11.3. The number of hydrogen-bond donors (Lipinski definition) is 2. The van der Waals surface area contributed by atoms with Crippen LogP contribution in [0.3, 0.4) is 0 Å². The van der Waals surface area contributed by atoms with Gasteiger partial charge in [0.05, 0.1) is 29.3 Å². The largest absolute Gasteiger partial charge is 0.494 e. The van der Waals surface area contributed by atoms with Gasteiger partial charge in [0.25, 0.3) is 5.69 Å². The minimum Gasteiger partial charge on any atom is -0.494 e. The van der Waals surface area contributed by atoms with Gasteiger partial charge in [-0.25, -0.2) is 4.98 Å². The molecular formula is C26H30Cl2N4O4. The van der Waals surface area contributed by atoms with Gasteiger partial charge in [-0.05, 0) is 42.9 Å². The minimum atomic E-state index is -0.568. The van der Waals surface area contributed by atoms with Crippen molar-refractivity contribution >= 4 is 63.7 Å². The highest BCUT2D eigenvalue weighted by atomic mass is 35.5. The number of halogens is 2. The second-order valence-corrected chi connectivity index (χ2v) is 8.05. The summed E-state index contributed by atoms with van der Waals surface area (Å²) in [6.07, 6.45) is -0.568. The van der Waals surface area contributed by atoms with E-state index in [0.717, 1.165) is 40.8 Å². The lowest BCUT2D eigenvalue weighted by atomic mass is 10.1. The van der Waals surface area contributed by atoms with Crippen LogP contribution in [0.15, 0.2) is 60.7 Å². The van der Waals surface area contributed by atoms with E-state index in [1.54, 1.807) is 13.2 Å². The van der Waals surface area contributed by atoms with Gasteiger partial charge in [0.15, 0.2) is 0 Å².